The Kier molecular flexibility index (Phi) is 4.23. The molecule has 2 heterocycles. The van der Waals surface area contributed by atoms with Crippen molar-refractivity contribution in [3.05, 3.63) is 54.4 Å². The average molecular weight is 297 g/mol. The molecule has 1 aromatic heterocycles. The van der Waals surface area contributed by atoms with Crippen LogP contribution in [-0.2, 0) is 0 Å². The molecule has 1 fully saturated rings. The molecule has 0 bridgehead atoms. The second-order valence-electron chi connectivity index (χ2n) is 5.22. The maximum atomic E-state index is 12.4. The largest absolute Gasteiger partial charge is 0.497 e. The summed E-state index contributed by atoms with van der Waals surface area (Å²) in [5, 5.41) is 0. The zero-order valence-electron chi connectivity index (χ0n) is 12.6. The summed E-state index contributed by atoms with van der Waals surface area (Å²) < 4.78 is 5.18. The smallest absolute Gasteiger partial charge is 0.255 e. The van der Waals surface area contributed by atoms with Gasteiger partial charge in [-0.25, -0.2) is 0 Å². The minimum Gasteiger partial charge on any atom is -0.497 e. The third-order valence-corrected chi connectivity index (χ3v) is 3.91. The molecule has 1 aliphatic heterocycles. The molecule has 1 amide bonds. The van der Waals surface area contributed by atoms with E-state index in [1.807, 2.05) is 23.1 Å². The minimum absolute atomic E-state index is 0.0579. The topological polar surface area (TPSA) is 45.7 Å². The molecule has 1 saturated heterocycles. The molecule has 5 nitrogen and oxygen atoms in total. The number of pyridine rings is 1. The van der Waals surface area contributed by atoms with Crippen LogP contribution in [0.15, 0.2) is 48.8 Å². The lowest BCUT2D eigenvalue weighted by Gasteiger charge is -2.36. The van der Waals surface area contributed by atoms with Crippen LogP contribution in [0.5, 0.6) is 5.75 Å². The van der Waals surface area contributed by atoms with E-state index in [1.165, 1.54) is 0 Å². The monoisotopic (exact) mass is 297 g/mol. The van der Waals surface area contributed by atoms with Crippen molar-refractivity contribution in [3.63, 3.8) is 0 Å². The van der Waals surface area contributed by atoms with E-state index in [4.69, 9.17) is 4.74 Å². The highest BCUT2D eigenvalue weighted by Crippen LogP contribution is 2.20. The van der Waals surface area contributed by atoms with Crippen LogP contribution in [0, 0.1) is 0 Å². The average Bonchev–Trinajstić information content (AvgIpc) is 2.62. The number of rotatable bonds is 3. The van der Waals surface area contributed by atoms with Crippen molar-refractivity contribution in [2.45, 2.75) is 0 Å². The molecule has 0 N–H and O–H groups in total. The summed E-state index contributed by atoms with van der Waals surface area (Å²) in [5.41, 5.74) is 1.81. The van der Waals surface area contributed by atoms with Gasteiger partial charge in [-0.1, -0.05) is 0 Å². The number of hydrogen-bond donors (Lipinski definition) is 0. The van der Waals surface area contributed by atoms with Crippen LogP contribution in [0.2, 0.25) is 0 Å². The van der Waals surface area contributed by atoms with E-state index in [2.05, 4.69) is 22.0 Å². The Morgan fingerprint density at radius 3 is 2.41 bits per heavy atom. The number of carbonyl (C=O) groups is 1. The van der Waals surface area contributed by atoms with Gasteiger partial charge in [0.15, 0.2) is 0 Å². The number of amides is 1. The Hall–Kier alpha value is -2.56. The zero-order valence-corrected chi connectivity index (χ0v) is 12.6. The van der Waals surface area contributed by atoms with E-state index in [0.29, 0.717) is 5.56 Å². The number of carbonyl (C=O) groups excluding carboxylic acids is 1. The molecular weight excluding hydrogens is 278 g/mol. The Morgan fingerprint density at radius 2 is 1.82 bits per heavy atom. The summed E-state index contributed by atoms with van der Waals surface area (Å²) >= 11 is 0. The normalized spacial score (nSPS) is 14.8. The highest BCUT2D eigenvalue weighted by atomic mass is 16.5. The first-order valence-corrected chi connectivity index (χ1v) is 7.36. The molecule has 5 heteroatoms. The van der Waals surface area contributed by atoms with Gasteiger partial charge in [0, 0.05) is 44.3 Å². The first kappa shape index (κ1) is 14.4. The predicted molar refractivity (Wildman–Crippen MR) is 85.3 cm³/mol. The van der Waals surface area contributed by atoms with Crippen LogP contribution in [0.1, 0.15) is 10.4 Å². The van der Waals surface area contributed by atoms with E-state index >= 15 is 0 Å². The van der Waals surface area contributed by atoms with E-state index in [-0.39, 0.29) is 5.91 Å². The number of nitrogens with zero attached hydrogens (tertiary/aromatic N) is 3. The van der Waals surface area contributed by atoms with Gasteiger partial charge in [0.05, 0.1) is 12.7 Å². The highest BCUT2D eigenvalue weighted by Gasteiger charge is 2.22. The predicted octanol–water partition coefficient (Wildman–Crippen LogP) is 2.05. The van der Waals surface area contributed by atoms with Gasteiger partial charge in [0.25, 0.3) is 5.91 Å². The van der Waals surface area contributed by atoms with Crippen molar-refractivity contribution in [2.75, 3.05) is 38.2 Å². The van der Waals surface area contributed by atoms with Crippen LogP contribution < -0.4 is 9.64 Å². The van der Waals surface area contributed by atoms with Crippen LogP contribution in [0.3, 0.4) is 0 Å². The summed E-state index contributed by atoms with van der Waals surface area (Å²) in [7, 11) is 1.66. The number of hydrogen-bond acceptors (Lipinski definition) is 4. The molecule has 0 aliphatic carbocycles. The summed E-state index contributed by atoms with van der Waals surface area (Å²) in [6.07, 6.45) is 3.30. The van der Waals surface area contributed by atoms with Gasteiger partial charge in [-0.3, -0.25) is 9.78 Å². The number of anilines is 1. The second-order valence-corrected chi connectivity index (χ2v) is 5.22. The first-order chi connectivity index (χ1) is 10.8. The summed E-state index contributed by atoms with van der Waals surface area (Å²) in [6, 6.07) is 11.6. The number of aromatic nitrogens is 1. The van der Waals surface area contributed by atoms with Gasteiger partial charge in [0.2, 0.25) is 0 Å². The maximum Gasteiger partial charge on any atom is 0.255 e. The molecule has 1 aliphatic rings. The van der Waals surface area contributed by atoms with Crippen molar-refractivity contribution < 1.29 is 9.53 Å². The van der Waals surface area contributed by atoms with Crippen molar-refractivity contribution in [2.24, 2.45) is 0 Å². The summed E-state index contributed by atoms with van der Waals surface area (Å²) in [6.45, 7) is 3.11. The fourth-order valence-corrected chi connectivity index (χ4v) is 2.63. The van der Waals surface area contributed by atoms with Crippen LogP contribution >= 0.6 is 0 Å². The highest BCUT2D eigenvalue weighted by molar-refractivity contribution is 5.94. The molecule has 0 atom stereocenters. The third kappa shape index (κ3) is 3.03. The van der Waals surface area contributed by atoms with Crippen LogP contribution in [-0.4, -0.2) is 49.1 Å². The van der Waals surface area contributed by atoms with E-state index in [9.17, 15) is 4.79 Å². The fourth-order valence-electron chi connectivity index (χ4n) is 2.63. The molecule has 0 unspecified atom stereocenters. The van der Waals surface area contributed by atoms with Crippen molar-refractivity contribution >= 4 is 11.6 Å². The molecule has 0 radical (unpaired) electrons. The minimum atomic E-state index is 0.0579. The molecule has 22 heavy (non-hydrogen) atoms. The lowest BCUT2D eigenvalue weighted by atomic mass is 10.2. The number of methoxy groups -OCH3 is 1. The Morgan fingerprint density at radius 1 is 1.09 bits per heavy atom. The summed E-state index contributed by atoms with van der Waals surface area (Å²) in [5.74, 6) is 0.914. The molecule has 1 aromatic carbocycles. The fraction of sp³-hybridized carbons (Fsp3) is 0.294. The molecule has 0 spiro atoms. The molecule has 3 rings (SSSR count). The quantitative estimate of drug-likeness (QED) is 0.870. The third-order valence-electron chi connectivity index (χ3n) is 3.91. The number of benzene rings is 1. The van der Waals surface area contributed by atoms with Gasteiger partial charge in [-0.2, -0.15) is 0 Å². The van der Waals surface area contributed by atoms with Gasteiger partial charge in [-0.15, -0.1) is 0 Å². The zero-order chi connectivity index (χ0) is 15.4. The van der Waals surface area contributed by atoms with Crippen molar-refractivity contribution in [1.29, 1.82) is 0 Å². The number of piperazine rings is 1. The molecular formula is C17H19N3O2. The lowest BCUT2D eigenvalue weighted by molar-refractivity contribution is 0.0746. The Labute approximate surface area is 130 Å². The second kappa shape index (κ2) is 6.47. The standard InChI is InChI=1S/C17H19N3O2/c1-22-16-6-4-15(5-7-16)19-9-11-20(12-10-19)17(21)14-3-2-8-18-13-14/h2-8,13H,9-12H2,1H3. The van der Waals surface area contributed by atoms with Gasteiger partial charge >= 0.3 is 0 Å². The van der Waals surface area contributed by atoms with Crippen LogP contribution in [0.25, 0.3) is 0 Å². The van der Waals surface area contributed by atoms with Crippen molar-refractivity contribution in [1.82, 2.24) is 9.88 Å². The Balaban J connectivity index is 1.61. The summed E-state index contributed by atoms with van der Waals surface area (Å²) in [4.78, 5) is 20.6. The Bertz CT molecular complexity index is 620. The SMILES string of the molecule is COc1ccc(N2CCN(C(=O)c3cccnc3)CC2)cc1. The van der Waals surface area contributed by atoms with Crippen LogP contribution in [0.4, 0.5) is 5.69 Å². The van der Waals surface area contributed by atoms with E-state index in [0.717, 1.165) is 37.6 Å². The van der Waals surface area contributed by atoms with Gasteiger partial charge < -0.3 is 14.5 Å². The van der Waals surface area contributed by atoms with Gasteiger partial charge in [0.1, 0.15) is 5.75 Å². The van der Waals surface area contributed by atoms with E-state index < -0.39 is 0 Å². The van der Waals surface area contributed by atoms with E-state index in [1.54, 1.807) is 25.6 Å². The number of ether oxygens (including phenoxy) is 1. The lowest BCUT2D eigenvalue weighted by Crippen LogP contribution is -2.48. The molecule has 0 saturated carbocycles. The van der Waals surface area contributed by atoms with Crippen molar-refractivity contribution in [3.8, 4) is 5.75 Å². The van der Waals surface area contributed by atoms with Gasteiger partial charge in [-0.05, 0) is 36.4 Å². The molecule has 114 valence electrons. The first-order valence-electron chi connectivity index (χ1n) is 7.36. The molecule has 2 aromatic rings. The maximum absolute atomic E-state index is 12.4.